The third-order valence-electron chi connectivity index (χ3n) is 6.18. The Balaban J connectivity index is 0.000000278. The number of hydrogen-bond donors (Lipinski definition) is 3. The van der Waals surface area contributed by atoms with E-state index in [1.807, 2.05) is 0 Å². The van der Waals surface area contributed by atoms with Crippen molar-refractivity contribution in [1.29, 1.82) is 0 Å². The zero-order valence-electron chi connectivity index (χ0n) is 26.4. The minimum atomic E-state index is -1.06. The molecule has 12 heteroatoms. The summed E-state index contributed by atoms with van der Waals surface area (Å²) in [6.07, 6.45) is -1.06. The van der Waals surface area contributed by atoms with Crippen LogP contribution in [0.5, 0.6) is 46.0 Å². The van der Waals surface area contributed by atoms with Crippen LogP contribution in [-0.4, -0.2) is 82.4 Å². The maximum absolute atomic E-state index is 12.6. The van der Waals surface area contributed by atoms with Crippen molar-refractivity contribution in [2.45, 2.75) is 6.10 Å². The van der Waals surface area contributed by atoms with Crippen LogP contribution in [0.4, 0.5) is 0 Å². The van der Waals surface area contributed by atoms with Crippen LogP contribution >= 0.6 is 0 Å². The highest BCUT2D eigenvalue weighted by Crippen LogP contribution is 2.31. The molecule has 0 aliphatic carbocycles. The number of methoxy groups -OCH3 is 6. The second-order valence-electron chi connectivity index (χ2n) is 8.92. The van der Waals surface area contributed by atoms with E-state index in [4.69, 9.17) is 43.4 Å². The molecule has 0 aliphatic rings. The first kappa shape index (κ1) is 36.6. The lowest BCUT2D eigenvalue weighted by atomic mass is 10.1. The van der Waals surface area contributed by atoms with Crippen LogP contribution in [0.2, 0.25) is 0 Å². The molecule has 0 heterocycles. The molecule has 0 bridgehead atoms. The monoisotopic (exact) mass is 638 g/mol. The molecule has 46 heavy (non-hydrogen) atoms. The van der Waals surface area contributed by atoms with E-state index < -0.39 is 18.7 Å². The summed E-state index contributed by atoms with van der Waals surface area (Å²) in [4.78, 5) is 23.2. The van der Waals surface area contributed by atoms with Crippen LogP contribution in [0.15, 0.2) is 84.9 Å². The minimum absolute atomic E-state index is 0.178. The van der Waals surface area contributed by atoms with Gasteiger partial charge in [-0.15, -0.1) is 0 Å². The zero-order chi connectivity index (χ0) is 34.1. The van der Waals surface area contributed by atoms with Crippen LogP contribution in [0, 0.1) is 0 Å². The molecule has 0 saturated heterocycles. The molecule has 0 aromatic heterocycles. The van der Waals surface area contributed by atoms with E-state index in [1.54, 1.807) is 72.8 Å². The number of aromatic hydroxyl groups is 1. The van der Waals surface area contributed by atoms with Gasteiger partial charge in [-0.05, 0) is 60.7 Å². The number of carbonyl (C=O) groups excluding carboxylic acids is 1. The molecule has 12 nitrogen and oxygen atoms in total. The molecule has 0 fully saturated rings. The quantitative estimate of drug-likeness (QED) is 0.176. The van der Waals surface area contributed by atoms with Crippen molar-refractivity contribution < 1.29 is 58.1 Å². The molecule has 246 valence electrons. The summed E-state index contributed by atoms with van der Waals surface area (Å²) in [5.41, 5.74) is 0.527. The first-order valence-electron chi connectivity index (χ1n) is 13.6. The molecule has 0 spiro atoms. The van der Waals surface area contributed by atoms with E-state index in [1.165, 1.54) is 54.8 Å². The van der Waals surface area contributed by atoms with Gasteiger partial charge < -0.3 is 48.5 Å². The lowest BCUT2D eigenvalue weighted by Crippen LogP contribution is -2.31. The van der Waals surface area contributed by atoms with E-state index >= 15 is 0 Å². The molecule has 1 atom stereocenters. The average molecular weight is 639 g/mol. The number of Topliss-reactive ketones (excluding diaryl/α,β-unsaturated/α-hetero) is 1. The number of carboxylic acid groups (broad SMARTS) is 1. The van der Waals surface area contributed by atoms with Crippen LogP contribution in [0.1, 0.15) is 20.7 Å². The summed E-state index contributed by atoms with van der Waals surface area (Å²) in [7, 11) is 8.99. The minimum Gasteiger partial charge on any atom is -0.504 e. The Kier molecular flexibility index (Phi) is 15.0. The Hall–Kier alpha value is -5.62. The smallest absolute Gasteiger partial charge is 0.335 e. The van der Waals surface area contributed by atoms with Crippen molar-refractivity contribution in [2.24, 2.45) is 0 Å². The predicted molar refractivity (Wildman–Crippen MR) is 170 cm³/mol. The number of para-hydroxylation sites is 4. The lowest BCUT2D eigenvalue weighted by Gasteiger charge is -2.18. The number of ketones is 1. The molecule has 4 aromatic rings. The molecule has 3 N–H and O–H groups in total. The van der Waals surface area contributed by atoms with Crippen LogP contribution < -0.4 is 33.2 Å². The van der Waals surface area contributed by atoms with Gasteiger partial charge in [-0.1, -0.05) is 24.3 Å². The lowest BCUT2D eigenvalue weighted by molar-refractivity contribution is 0.0650. The van der Waals surface area contributed by atoms with Gasteiger partial charge in [-0.2, -0.15) is 0 Å². The number of ether oxygens (including phenoxy) is 7. The maximum Gasteiger partial charge on any atom is 0.335 e. The largest absolute Gasteiger partial charge is 0.504 e. The van der Waals surface area contributed by atoms with E-state index in [0.29, 0.717) is 45.8 Å². The summed E-state index contributed by atoms with van der Waals surface area (Å²) in [6, 6.07) is 23.0. The molecule has 0 aliphatic heterocycles. The molecule has 4 aromatic carbocycles. The fourth-order valence-electron chi connectivity index (χ4n) is 3.82. The van der Waals surface area contributed by atoms with Gasteiger partial charge in [-0.25, -0.2) is 4.79 Å². The normalized spacial score (nSPS) is 10.4. The number of aromatic carboxylic acids is 1. The molecule has 4 rings (SSSR count). The van der Waals surface area contributed by atoms with E-state index in [0.717, 1.165) is 0 Å². The van der Waals surface area contributed by atoms with Gasteiger partial charge in [0.2, 0.25) is 5.78 Å². The molecule has 1 unspecified atom stereocenters. The summed E-state index contributed by atoms with van der Waals surface area (Å²) in [5, 5.41) is 27.2. The Morgan fingerprint density at radius 1 is 0.565 bits per heavy atom. The maximum atomic E-state index is 12.6. The number of aliphatic hydroxyl groups excluding tert-OH is 1. The third kappa shape index (κ3) is 10.2. The number of carbonyl (C=O) groups is 2. The number of phenols is 1. The first-order valence-corrected chi connectivity index (χ1v) is 13.6. The van der Waals surface area contributed by atoms with Gasteiger partial charge in [-0.3, -0.25) is 4.79 Å². The van der Waals surface area contributed by atoms with Crippen LogP contribution in [0.3, 0.4) is 0 Å². The van der Waals surface area contributed by atoms with E-state index in [-0.39, 0.29) is 17.1 Å². The Morgan fingerprint density at radius 2 is 0.978 bits per heavy atom. The summed E-state index contributed by atoms with van der Waals surface area (Å²) in [6.45, 7) is -0.467. The van der Waals surface area contributed by atoms with Crippen molar-refractivity contribution in [1.82, 2.24) is 0 Å². The van der Waals surface area contributed by atoms with Crippen molar-refractivity contribution >= 4 is 11.8 Å². The SMILES string of the molecule is COc1ccc(C(=O)C(CO)Oc2ccccc2OC)cc1OC.COc1ccc(C(=O)O)cc1OC.COc1ccccc1O. The second kappa shape index (κ2) is 18.9. The van der Waals surface area contributed by atoms with Crippen LogP contribution in [-0.2, 0) is 0 Å². The van der Waals surface area contributed by atoms with Crippen molar-refractivity contribution in [3.8, 4) is 46.0 Å². The van der Waals surface area contributed by atoms with Gasteiger partial charge >= 0.3 is 5.97 Å². The van der Waals surface area contributed by atoms with Crippen molar-refractivity contribution in [3.63, 3.8) is 0 Å². The number of rotatable bonds is 12. The van der Waals surface area contributed by atoms with E-state index in [9.17, 15) is 14.7 Å². The number of aliphatic hydroxyl groups is 1. The van der Waals surface area contributed by atoms with E-state index in [2.05, 4.69) is 0 Å². The average Bonchev–Trinajstić information content (AvgIpc) is 3.10. The fraction of sp³-hybridized carbons (Fsp3) is 0.235. The van der Waals surface area contributed by atoms with Gasteiger partial charge in [0.25, 0.3) is 0 Å². The summed E-state index contributed by atoms with van der Waals surface area (Å²) < 4.78 is 35.9. The zero-order valence-corrected chi connectivity index (χ0v) is 26.4. The highest BCUT2D eigenvalue weighted by Gasteiger charge is 2.24. The summed E-state index contributed by atoms with van der Waals surface area (Å²) >= 11 is 0. The third-order valence-corrected chi connectivity index (χ3v) is 6.18. The second-order valence-corrected chi connectivity index (χ2v) is 8.92. The Labute approximate surface area is 267 Å². The first-order chi connectivity index (χ1) is 22.2. The molecule has 0 saturated carbocycles. The molecule has 0 radical (unpaired) electrons. The summed E-state index contributed by atoms with van der Waals surface area (Å²) in [5.74, 6) is 2.08. The van der Waals surface area contributed by atoms with Gasteiger partial charge in [0, 0.05) is 5.56 Å². The number of benzene rings is 4. The van der Waals surface area contributed by atoms with Gasteiger partial charge in [0.1, 0.15) is 0 Å². The molecular weight excluding hydrogens is 600 g/mol. The predicted octanol–water partition coefficient (Wildman–Crippen LogP) is 5.14. The fourth-order valence-corrected chi connectivity index (χ4v) is 3.82. The highest BCUT2D eigenvalue weighted by molar-refractivity contribution is 6.00. The Bertz CT molecular complexity index is 1550. The van der Waals surface area contributed by atoms with Gasteiger partial charge in [0.15, 0.2) is 52.1 Å². The standard InChI is InChI=1S/C18H20O6.C9H10O4.C7H8O2/c1-21-13-6-4-5-7-15(13)24-17(11-19)18(20)12-8-9-14(22-2)16(10-12)23-3;1-12-7-4-3-6(9(10)11)5-8(7)13-2;1-9-7-5-3-2-4-6(7)8/h4-10,17,19H,11H2,1-3H3;3-5H,1-2H3,(H,10,11);2-5,8H,1H3. The highest BCUT2D eigenvalue weighted by atomic mass is 16.5. The topological polar surface area (TPSA) is 159 Å². The molecular formula is C34H38O12. The van der Waals surface area contributed by atoms with Crippen LogP contribution in [0.25, 0.3) is 0 Å². The number of phenolic OH excluding ortho intramolecular Hbond substituents is 1. The van der Waals surface area contributed by atoms with Crippen molar-refractivity contribution in [2.75, 3.05) is 49.3 Å². The number of hydrogen-bond acceptors (Lipinski definition) is 11. The van der Waals surface area contributed by atoms with Crippen molar-refractivity contribution in [3.05, 3.63) is 96.1 Å². The number of carboxylic acids is 1. The van der Waals surface area contributed by atoms with Gasteiger partial charge in [0.05, 0.1) is 54.8 Å². The Morgan fingerprint density at radius 3 is 1.41 bits per heavy atom. The molecule has 0 amide bonds.